The monoisotopic (exact) mass is 81.1 g/mol. The second-order valence-corrected chi connectivity index (χ2v) is 0.954. The molecule has 0 rings (SSSR count). The van der Waals surface area contributed by atoms with Crippen molar-refractivity contribution >= 4 is 0 Å². The summed E-state index contributed by atoms with van der Waals surface area (Å²) in [7, 11) is 0. The van der Waals surface area contributed by atoms with Crippen LogP contribution in [0.3, 0.4) is 0 Å². The Balaban J connectivity index is 2.85. The van der Waals surface area contributed by atoms with Crippen molar-refractivity contribution in [3.05, 3.63) is 31.2 Å². The zero-order chi connectivity index (χ0) is 4.83. The standard InChI is InChI=1S/C6H9/c1-3-5-6-4-2/h3-6H,1H2,2H3/b6-4-. The number of hydrogen-bond acceptors (Lipinski definition) is 0. The van der Waals surface area contributed by atoms with Crippen LogP contribution in [-0.4, -0.2) is 0 Å². The van der Waals surface area contributed by atoms with E-state index in [9.17, 15) is 0 Å². The van der Waals surface area contributed by atoms with Gasteiger partial charge < -0.3 is 0 Å². The quantitative estimate of drug-likeness (QED) is 0.476. The van der Waals surface area contributed by atoms with E-state index in [2.05, 4.69) is 6.58 Å². The molecule has 1 radical (unpaired) electrons. The van der Waals surface area contributed by atoms with Gasteiger partial charge in [-0.25, -0.2) is 0 Å². The first kappa shape index (κ1) is 5.48. The number of hydrogen-bond donors (Lipinski definition) is 0. The molecule has 0 spiro atoms. The van der Waals surface area contributed by atoms with E-state index >= 15 is 0 Å². The van der Waals surface area contributed by atoms with Crippen LogP contribution in [0.1, 0.15) is 6.92 Å². The molecule has 0 aliphatic carbocycles. The second kappa shape index (κ2) is 4.48. The predicted octanol–water partition coefficient (Wildman–Crippen LogP) is 1.95. The zero-order valence-corrected chi connectivity index (χ0v) is 4.02. The molecule has 0 aromatic rings. The van der Waals surface area contributed by atoms with Crippen molar-refractivity contribution < 1.29 is 0 Å². The lowest BCUT2D eigenvalue weighted by molar-refractivity contribution is 1.67. The van der Waals surface area contributed by atoms with Crippen LogP contribution >= 0.6 is 0 Å². The summed E-state index contributed by atoms with van der Waals surface area (Å²) in [5, 5.41) is 0. The van der Waals surface area contributed by atoms with E-state index < -0.39 is 0 Å². The van der Waals surface area contributed by atoms with Crippen molar-refractivity contribution in [3.63, 3.8) is 0 Å². The lowest BCUT2D eigenvalue weighted by Crippen LogP contribution is -1.50. The van der Waals surface area contributed by atoms with E-state index in [-0.39, 0.29) is 0 Å². The van der Waals surface area contributed by atoms with E-state index in [4.69, 9.17) is 0 Å². The van der Waals surface area contributed by atoms with Crippen molar-refractivity contribution in [2.45, 2.75) is 6.92 Å². The van der Waals surface area contributed by atoms with Gasteiger partial charge in [-0.05, 0) is 6.92 Å². The van der Waals surface area contributed by atoms with Crippen LogP contribution in [-0.2, 0) is 0 Å². The predicted molar refractivity (Wildman–Crippen MR) is 29.3 cm³/mol. The fourth-order valence-corrected chi connectivity index (χ4v) is 0.190. The summed E-state index contributed by atoms with van der Waals surface area (Å²) in [6.07, 6.45) is 7.54. The third kappa shape index (κ3) is 3.48. The Morgan fingerprint density at radius 2 is 2.17 bits per heavy atom. The molecular weight excluding hydrogens is 72.1 g/mol. The Morgan fingerprint density at radius 1 is 1.50 bits per heavy atom. The Hall–Kier alpha value is -0.520. The van der Waals surface area contributed by atoms with Crippen molar-refractivity contribution in [1.82, 2.24) is 0 Å². The lowest BCUT2D eigenvalue weighted by atomic mass is 10.4. The number of allylic oxidation sites excluding steroid dienone is 3. The molecule has 0 bridgehead atoms. The van der Waals surface area contributed by atoms with Crippen molar-refractivity contribution in [1.29, 1.82) is 0 Å². The molecule has 0 saturated carbocycles. The van der Waals surface area contributed by atoms with Crippen LogP contribution < -0.4 is 0 Å². The van der Waals surface area contributed by atoms with E-state index in [1.807, 2.05) is 25.5 Å². The highest BCUT2D eigenvalue weighted by Gasteiger charge is 1.58. The summed E-state index contributed by atoms with van der Waals surface area (Å²) in [5.41, 5.74) is 0. The lowest BCUT2D eigenvalue weighted by Gasteiger charge is -1.68. The Morgan fingerprint density at radius 3 is 2.33 bits per heavy atom. The number of rotatable bonds is 2. The fraction of sp³-hybridized carbons (Fsp3) is 0.167. The first-order valence-electron chi connectivity index (χ1n) is 1.99. The molecule has 0 N–H and O–H groups in total. The Labute approximate surface area is 39.2 Å². The summed E-state index contributed by atoms with van der Waals surface area (Å²) >= 11 is 0. The topological polar surface area (TPSA) is 0 Å². The zero-order valence-electron chi connectivity index (χ0n) is 4.02. The van der Waals surface area contributed by atoms with Gasteiger partial charge in [-0.3, -0.25) is 0 Å². The minimum atomic E-state index is 1.75. The van der Waals surface area contributed by atoms with Gasteiger partial charge in [0.1, 0.15) is 0 Å². The molecule has 0 aromatic carbocycles. The maximum atomic E-state index is 3.49. The molecule has 0 nitrogen and oxygen atoms in total. The molecule has 0 fully saturated rings. The van der Waals surface area contributed by atoms with Crippen molar-refractivity contribution in [2.75, 3.05) is 0 Å². The molecule has 0 heterocycles. The maximum Gasteiger partial charge on any atom is 0.00412 e. The van der Waals surface area contributed by atoms with Gasteiger partial charge in [-0.15, -0.1) is 6.58 Å². The molecule has 0 atom stereocenters. The summed E-state index contributed by atoms with van der Waals surface area (Å²) in [6, 6.07) is 0. The van der Waals surface area contributed by atoms with Crippen LogP contribution in [0.5, 0.6) is 0 Å². The molecule has 33 valence electrons. The van der Waals surface area contributed by atoms with E-state index in [1.54, 1.807) is 6.08 Å². The fourth-order valence-electron chi connectivity index (χ4n) is 0.190. The molecule has 0 aromatic heterocycles. The summed E-state index contributed by atoms with van der Waals surface area (Å²) in [6.45, 7) is 5.46. The van der Waals surface area contributed by atoms with Crippen LogP contribution in [0.4, 0.5) is 0 Å². The average molecular weight is 81.1 g/mol. The molecular formula is C6H9. The van der Waals surface area contributed by atoms with Gasteiger partial charge in [0.2, 0.25) is 0 Å². The highest BCUT2D eigenvalue weighted by molar-refractivity contribution is 5.03. The van der Waals surface area contributed by atoms with Crippen molar-refractivity contribution in [2.24, 2.45) is 0 Å². The van der Waals surface area contributed by atoms with Gasteiger partial charge in [0.25, 0.3) is 0 Å². The highest BCUT2D eigenvalue weighted by Crippen LogP contribution is 1.76. The molecule has 0 saturated heterocycles. The van der Waals surface area contributed by atoms with Crippen molar-refractivity contribution in [3.8, 4) is 0 Å². The minimum absolute atomic E-state index is 1.75. The first-order chi connectivity index (χ1) is 2.91. The molecule has 0 heteroatoms. The smallest absolute Gasteiger partial charge is 0.00412 e. The third-order valence-corrected chi connectivity index (χ3v) is 0.440. The molecule has 0 aliphatic heterocycles. The van der Waals surface area contributed by atoms with Crippen LogP contribution in [0.2, 0.25) is 0 Å². The van der Waals surface area contributed by atoms with E-state index in [0.29, 0.717) is 0 Å². The maximum absolute atomic E-state index is 3.49. The Kier molecular flexibility index (Phi) is 4.09. The molecule has 0 amide bonds. The normalized spacial score (nSPS) is 9.50. The first-order valence-corrected chi connectivity index (χ1v) is 1.99. The van der Waals surface area contributed by atoms with Gasteiger partial charge in [-0.2, -0.15) is 0 Å². The third-order valence-electron chi connectivity index (χ3n) is 0.440. The highest BCUT2D eigenvalue weighted by atomic mass is 13.6. The van der Waals surface area contributed by atoms with E-state index in [0.717, 1.165) is 0 Å². The summed E-state index contributed by atoms with van der Waals surface area (Å²) < 4.78 is 0. The SMILES string of the molecule is C=C[CH]/C=C\C. The average Bonchev–Trinajstić information content (AvgIpc) is 1.61. The summed E-state index contributed by atoms with van der Waals surface area (Å²) in [5.74, 6) is 0. The van der Waals surface area contributed by atoms with Gasteiger partial charge in [0.05, 0.1) is 0 Å². The van der Waals surface area contributed by atoms with Gasteiger partial charge in [-0.1, -0.05) is 18.2 Å². The van der Waals surface area contributed by atoms with Gasteiger partial charge in [0, 0.05) is 6.42 Å². The molecule has 6 heavy (non-hydrogen) atoms. The molecule has 0 unspecified atom stereocenters. The van der Waals surface area contributed by atoms with Gasteiger partial charge >= 0.3 is 0 Å². The largest absolute Gasteiger partial charge is 0.102 e. The van der Waals surface area contributed by atoms with Crippen LogP contribution in [0.15, 0.2) is 24.8 Å². The summed E-state index contributed by atoms with van der Waals surface area (Å²) in [4.78, 5) is 0. The van der Waals surface area contributed by atoms with Gasteiger partial charge in [0.15, 0.2) is 0 Å². The van der Waals surface area contributed by atoms with Crippen LogP contribution in [0.25, 0.3) is 0 Å². The van der Waals surface area contributed by atoms with Crippen LogP contribution in [0, 0.1) is 6.42 Å². The molecule has 0 aliphatic rings. The van der Waals surface area contributed by atoms with E-state index in [1.165, 1.54) is 0 Å². The second-order valence-electron chi connectivity index (χ2n) is 0.954. The Bertz CT molecular complexity index is 51.1. The minimum Gasteiger partial charge on any atom is -0.102 e.